The molecule has 1 aliphatic heterocycles. The number of nitrogens with zero attached hydrogens (tertiary/aromatic N) is 4. The maximum absolute atomic E-state index is 12.8. The van der Waals surface area contributed by atoms with Crippen molar-refractivity contribution in [3.05, 3.63) is 36.3 Å². The van der Waals surface area contributed by atoms with Gasteiger partial charge in [-0.15, -0.1) is 5.10 Å². The van der Waals surface area contributed by atoms with Gasteiger partial charge in [-0.05, 0) is 12.1 Å². The molecule has 12 heteroatoms. The number of aliphatic carboxylic acids is 1. The molecule has 2 N–H and O–H groups in total. The van der Waals surface area contributed by atoms with E-state index in [1.54, 1.807) is 0 Å². The molecule has 3 heterocycles. The summed E-state index contributed by atoms with van der Waals surface area (Å²) in [6, 6.07) is 3.49. The normalized spacial score (nSPS) is 19.2. The van der Waals surface area contributed by atoms with E-state index < -0.39 is 36.0 Å². The molecule has 0 radical (unpaired) electrons. The van der Waals surface area contributed by atoms with Gasteiger partial charge >= 0.3 is 12.1 Å². The molecule has 1 saturated heterocycles. The third-order valence-corrected chi connectivity index (χ3v) is 3.81. The summed E-state index contributed by atoms with van der Waals surface area (Å²) in [7, 11) is 0. The van der Waals surface area contributed by atoms with E-state index in [-0.39, 0.29) is 24.7 Å². The number of hydrogen-bond donors (Lipinski definition) is 2. The molecule has 9 nitrogen and oxygen atoms in total. The Morgan fingerprint density at radius 2 is 2.11 bits per heavy atom. The number of pyridine rings is 1. The van der Waals surface area contributed by atoms with Crippen molar-refractivity contribution in [3.63, 3.8) is 0 Å². The number of amides is 1. The zero-order valence-electron chi connectivity index (χ0n) is 13.5. The lowest BCUT2D eigenvalue weighted by Crippen LogP contribution is -2.54. The fourth-order valence-corrected chi connectivity index (χ4v) is 2.51. The molecule has 0 aromatic carbocycles. The number of morpholine rings is 1. The van der Waals surface area contributed by atoms with Crippen molar-refractivity contribution in [1.29, 1.82) is 0 Å². The minimum atomic E-state index is -4.62. The van der Waals surface area contributed by atoms with Gasteiger partial charge in [0.05, 0.1) is 18.8 Å². The minimum Gasteiger partial charge on any atom is -0.479 e. The predicted molar refractivity (Wildman–Crippen MR) is 82.1 cm³/mol. The van der Waals surface area contributed by atoms with E-state index in [2.05, 4.69) is 10.1 Å². The minimum absolute atomic E-state index is 0.0406. The number of hydrogen-bond acceptors (Lipinski definition) is 6. The van der Waals surface area contributed by atoms with Crippen LogP contribution in [0.2, 0.25) is 0 Å². The summed E-state index contributed by atoms with van der Waals surface area (Å²) in [6.45, 7) is 0.00389. The van der Waals surface area contributed by atoms with Gasteiger partial charge in [-0.2, -0.15) is 13.2 Å². The van der Waals surface area contributed by atoms with Crippen LogP contribution >= 0.6 is 0 Å². The van der Waals surface area contributed by atoms with E-state index in [1.807, 2.05) is 0 Å². The van der Waals surface area contributed by atoms with Crippen molar-refractivity contribution in [1.82, 2.24) is 14.8 Å². The summed E-state index contributed by atoms with van der Waals surface area (Å²) in [6.07, 6.45) is -5.93. The van der Waals surface area contributed by atoms with E-state index >= 15 is 0 Å². The highest BCUT2D eigenvalue weighted by atomic mass is 19.4. The van der Waals surface area contributed by atoms with E-state index in [9.17, 15) is 27.9 Å². The van der Waals surface area contributed by atoms with Gasteiger partial charge in [0, 0.05) is 18.5 Å². The predicted octanol–water partition coefficient (Wildman–Crippen LogP) is 0.463. The quantitative estimate of drug-likeness (QED) is 0.784. The standard InChI is InChI=1S/C15H13F3N4O5/c16-15(17,18)9-7-8(1-3-19-9)22-4-2-10(20-22)21-5-6-27-12(13(21)24)11(23)14(25)26/h1-4,7,11-12,23H,5-6H2,(H,25,26)/t11?,12-/m1/s1. The molecule has 2 aromatic rings. The highest BCUT2D eigenvalue weighted by Gasteiger charge is 2.40. The molecule has 1 unspecified atom stereocenters. The zero-order chi connectivity index (χ0) is 19.8. The Kier molecular flexibility index (Phi) is 4.85. The summed E-state index contributed by atoms with van der Waals surface area (Å²) < 4.78 is 44.5. The number of carbonyl (C=O) groups excluding carboxylic acids is 1. The molecule has 27 heavy (non-hydrogen) atoms. The summed E-state index contributed by atoms with van der Waals surface area (Å²) >= 11 is 0. The zero-order valence-corrected chi connectivity index (χ0v) is 13.5. The number of aliphatic hydroxyl groups is 1. The average Bonchev–Trinajstić information content (AvgIpc) is 3.10. The summed E-state index contributed by atoms with van der Waals surface area (Å²) in [5.74, 6) is -2.35. The summed E-state index contributed by atoms with van der Waals surface area (Å²) in [5.41, 5.74) is -1.02. The van der Waals surface area contributed by atoms with Crippen LogP contribution in [0.25, 0.3) is 5.69 Å². The Balaban J connectivity index is 1.85. The molecule has 0 aliphatic carbocycles. The second kappa shape index (κ2) is 6.96. The molecule has 1 fully saturated rings. The smallest absolute Gasteiger partial charge is 0.433 e. The molecular formula is C15H13F3N4O5. The van der Waals surface area contributed by atoms with Gasteiger partial charge in [-0.3, -0.25) is 14.7 Å². The number of rotatable bonds is 4. The molecule has 0 bridgehead atoms. The highest BCUT2D eigenvalue weighted by molar-refractivity contribution is 5.99. The fourth-order valence-electron chi connectivity index (χ4n) is 2.51. The number of anilines is 1. The van der Waals surface area contributed by atoms with Crippen LogP contribution in [0.5, 0.6) is 0 Å². The Labute approximate surface area is 149 Å². The lowest BCUT2D eigenvalue weighted by molar-refractivity contribution is -0.163. The molecule has 1 aliphatic rings. The molecule has 2 atom stereocenters. The fraction of sp³-hybridized carbons (Fsp3) is 0.333. The van der Waals surface area contributed by atoms with Crippen molar-refractivity contribution in [2.24, 2.45) is 0 Å². The lowest BCUT2D eigenvalue weighted by Gasteiger charge is -2.31. The maximum atomic E-state index is 12.8. The molecule has 0 spiro atoms. The SMILES string of the molecule is O=C(O)C(O)[C@H]1OCCN(c2ccn(-c3ccnc(C(F)(F)F)c3)n2)C1=O. The lowest BCUT2D eigenvalue weighted by atomic mass is 10.1. The molecule has 2 aromatic heterocycles. The first-order valence-corrected chi connectivity index (χ1v) is 7.61. The number of aliphatic hydroxyl groups excluding tert-OH is 1. The summed E-state index contributed by atoms with van der Waals surface area (Å²) in [5, 5.41) is 22.5. The van der Waals surface area contributed by atoms with Crippen LogP contribution in [0, 0.1) is 0 Å². The van der Waals surface area contributed by atoms with E-state index in [0.717, 1.165) is 21.8 Å². The van der Waals surface area contributed by atoms with Crippen LogP contribution in [-0.2, 0) is 20.5 Å². The van der Waals surface area contributed by atoms with E-state index in [0.29, 0.717) is 0 Å². The largest absolute Gasteiger partial charge is 0.479 e. The number of carboxylic acids is 1. The van der Waals surface area contributed by atoms with Crippen molar-refractivity contribution in [3.8, 4) is 5.69 Å². The summed E-state index contributed by atoms with van der Waals surface area (Å²) in [4.78, 5) is 27.6. The number of aromatic nitrogens is 3. The Morgan fingerprint density at radius 1 is 1.37 bits per heavy atom. The van der Waals surface area contributed by atoms with Crippen molar-refractivity contribution in [2.45, 2.75) is 18.4 Å². The highest BCUT2D eigenvalue weighted by Crippen LogP contribution is 2.28. The molecule has 1 amide bonds. The van der Waals surface area contributed by atoms with Crippen LogP contribution in [0.1, 0.15) is 5.69 Å². The van der Waals surface area contributed by atoms with Crippen LogP contribution in [0.4, 0.5) is 19.0 Å². The first-order chi connectivity index (χ1) is 12.7. The van der Waals surface area contributed by atoms with Gasteiger partial charge in [-0.1, -0.05) is 0 Å². The van der Waals surface area contributed by atoms with Crippen molar-refractivity contribution in [2.75, 3.05) is 18.1 Å². The van der Waals surface area contributed by atoms with Gasteiger partial charge < -0.3 is 14.9 Å². The van der Waals surface area contributed by atoms with Crippen molar-refractivity contribution < 1.29 is 37.7 Å². The third kappa shape index (κ3) is 3.75. The third-order valence-electron chi connectivity index (χ3n) is 3.81. The topological polar surface area (TPSA) is 118 Å². The number of halogens is 3. The first-order valence-electron chi connectivity index (χ1n) is 7.61. The van der Waals surface area contributed by atoms with Crippen LogP contribution in [0.15, 0.2) is 30.6 Å². The van der Waals surface area contributed by atoms with E-state index in [4.69, 9.17) is 9.84 Å². The van der Waals surface area contributed by atoms with Crippen LogP contribution in [-0.4, -0.2) is 62.2 Å². The molecular weight excluding hydrogens is 373 g/mol. The molecule has 0 saturated carbocycles. The van der Waals surface area contributed by atoms with Crippen LogP contribution in [0.3, 0.4) is 0 Å². The second-order valence-electron chi connectivity index (χ2n) is 5.58. The Hall–Kier alpha value is -2.99. The monoisotopic (exact) mass is 386 g/mol. The number of carbonyl (C=O) groups is 2. The first kappa shape index (κ1) is 18.8. The maximum Gasteiger partial charge on any atom is 0.433 e. The Morgan fingerprint density at radius 3 is 2.78 bits per heavy atom. The van der Waals surface area contributed by atoms with Crippen molar-refractivity contribution >= 4 is 17.7 Å². The average molecular weight is 386 g/mol. The van der Waals surface area contributed by atoms with Crippen LogP contribution < -0.4 is 4.90 Å². The number of carboxylic acid groups (broad SMARTS) is 1. The molecule has 3 rings (SSSR count). The number of alkyl halides is 3. The van der Waals surface area contributed by atoms with Gasteiger partial charge in [0.2, 0.25) is 0 Å². The van der Waals surface area contributed by atoms with E-state index in [1.165, 1.54) is 18.3 Å². The molecule has 144 valence electrons. The van der Waals surface area contributed by atoms with Gasteiger partial charge in [0.1, 0.15) is 5.69 Å². The van der Waals surface area contributed by atoms with Gasteiger partial charge in [-0.25, -0.2) is 9.48 Å². The van der Waals surface area contributed by atoms with Gasteiger partial charge in [0.25, 0.3) is 5.91 Å². The number of ether oxygens (including phenoxy) is 1. The Bertz CT molecular complexity index is 869. The van der Waals surface area contributed by atoms with Gasteiger partial charge in [0.15, 0.2) is 18.0 Å². The second-order valence-corrected chi connectivity index (χ2v) is 5.58.